The number of benzene rings is 4. The van der Waals surface area contributed by atoms with Gasteiger partial charge in [0.05, 0.1) is 35.0 Å². The van der Waals surface area contributed by atoms with E-state index in [0.29, 0.717) is 11.1 Å². The summed E-state index contributed by atoms with van der Waals surface area (Å²) in [6.07, 6.45) is 6.53. The molecule has 0 saturated carbocycles. The SMILES string of the molecule is CCN(CC)C(=O)c1cccnc1.CCN(CC)C(=O)c1cccnc1.CCN(CC)c1ccc(C(=O)[O-])cc1.CCN(CC)c1ccc(C(=O)[O-])cc1.CCN(CC)c1ccc(C(=O)[O-])cc1.CCN(CC)c1ccc(C(=O)[O-])cc1.[Zn+2].[Zn+2]. The summed E-state index contributed by atoms with van der Waals surface area (Å²) in [7, 11) is 0. The summed E-state index contributed by atoms with van der Waals surface area (Å²) < 4.78 is 0. The summed E-state index contributed by atoms with van der Waals surface area (Å²) in [6, 6.07) is 34.1. The minimum atomic E-state index is -1.13. The Hall–Kier alpha value is -7.55. The number of carbonyl (C=O) groups is 6. The van der Waals surface area contributed by atoms with E-state index in [1.54, 1.807) is 156 Å². The van der Waals surface area contributed by atoms with Gasteiger partial charge in [-0.1, -0.05) is 48.5 Å². The van der Waals surface area contributed by atoms with Crippen LogP contribution in [0.2, 0.25) is 0 Å². The van der Waals surface area contributed by atoms with E-state index in [4.69, 9.17) is 0 Å². The minimum absolute atomic E-state index is 0. The molecule has 2 amide bonds. The third kappa shape index (κ3) is 27.7. The van der Waals surface area contributed by atoms with Crippen LogP contribution in [-0.2, 0) is 39.0 Å². The molecule has 2 heterocycles. The zero-order valence-corrected chi connectivity index (χ0v) is 57.4. The molecule has 4 aromatic carbocycles. The first-order valence-corrected chi connectivity index (χ1v) is 28.0. The predicted octanol–water partition coefficient (Wildman–Crippen LogP) is 6.71. The Balaban J connectivity index is 0. The van der Waals surface area contributed by atoms with Gasteiger partial charge in [0.1, 0.15) is 0 Å². The van der Waals surface area contributed by atoms with E-state index < -0.39 is 23.9 Å². The smallest absolute Gasteiger partial charge is 0.545 e. The van der Waals surface area contributed by atoms with E-state index in [9.17, 15) is 49.2 Å². The maximum Gasteiger partial charge on any atom is 2.00 e. The first kappa shape index (κ1) is 78.5. The molecule has 6 rings (SSSR count). The molecule has 2 aromatic heterocycles. The Labute approximate surface area is 524 Å². The maximum atomic E-state index is 11.7. The maximum absolute atomic E-state index is 11.7. The van der Waals surface area contributed by atoms with Crippen LogP contribution in [0.4, 0.5) is 22.7 Å². The molecular formula is C64H84N8O10Zn2. The normalized spacial score (nSPS) is 9.57. The van der Waals surface area contributed by atoms with Gasteiger partial charge >= 0.3 is 39.0 Å². The predicted molar refractivity (Wildman–Crippen MR) is 320 cm³/mol. The number of hydrogen-bond donors (Lipinski definition) is 0. The fourth-order valence-electron chi connectivity index (χ4n) is 7.95. The fraction of sp³-hybridized carbons (Fsp3) is 0.375. The van der Waals surface area contributed by atoms with Crippen molar-refractivity contribution < 1.29 is 88.1 Å². The first-order chi connectivity index (χ1) is 39.3. The summed E-state index contributed by atoms with van der Waals surface area (Å²) in [4.78, 5) is 85.3. The number of aromatic carboxylic acids is 4. The van der Waals surface area contributed by atoms with E-state index in [2.05, 4.69) is 85.0 Å². The zero-order valence-electron chi connectivity index (χ0n) is 51.4. The number of anilines is 4. The van der Waals surface area contributed by atoms with Crippen molar-refractivity contribution in [3.8, 4) is 0 Å². The second-order valence-electron chi connectivity index (χ2n) is 17.5. The van der Waals surface area contributed by atoms with Crippen molar-refractivity contribution in [2.24, 2.45) is 0 Å². The van der Waals surface area contributed by atoms with Crippen LogP contribution < -0.4 is 40.0 Å². The molecule has 0 aliphatic heterocycles. The monoisotopic (exact) mass is 1250 g/mol. The van der Waals surface area contributed by atoms with Gasteiger partial charge in [-0.3, -0.25) is 19.6 Å². The summed E-state index contributed by atoms with van der Waals surface area (Å²) >= 11 is 0. The van der Waals surface area contributed by atoms with Crippen molar-refractivity contribution in [1.82, 2.24) is 19.8 Å². The van der Waals surface area contributed by atoms with Gasteiger partial charge in [0.25, 0.3) is 11.8 Å². The van der Waals surface area contributed by atoms with Crippen molar-refractivity contribution in [3.05, 3.63) is 179 Å². The topological polar surface area (TPSA) is 240 Å². The molecule has 0 unspecified atom stereocenters. The molecule has 0 aliphatic carbocycles. The van der Waals surface area contributed by atoms with Crippen LogP contribution in [0, 0.1) is 0 Å². The van der Waals surface area contributed by atoms with Crippen LogP contribution in [0.1, 0.15) is 145 Å². The average Bonchev–Trinajstić information content (AvgIpc) is 3.52. The molecular weight excluding hydrogens is 1170 g/mol. The number of carboxylic acid groups (broad SMARTS) is 4. The Bertz CT molecular complexity index is 2420. The van der Waals surface area contributed by atoms with Gasteiger partial charge < -0.3 is 69.0 Å². The Morgan fingerprint density at radius 2 is 0.488 bits per heavy atom. The number of pyridine rings is 2. The molecule has 18 nitrogen and oxygen atoms in total. The van der Waals surface area contributed by atoms with E-state index in [1.807, 2.05) is 27.7 Å². The van der Waals surface area contributed by atoms with Crippen molar-refractivity contribution in [2.45, 2.75) is 83.1 Å². The third-order valence-electron chi connectivity index (χ3n) is 12.8. The number of aromatic nitrogens is 2. The molecule has 0 bridgehead atoms. The van der Waals surface area contributed by atoms with Crippen LogP contribution in [0.3, 0.4) is 0 Å². The van der Waals surface area contributed by atoms with Gasteiger partial charge in [-0.2, -0.15) is 0 Å². The Morgan fingerprint density at radius 1 is 0.298 bits per heavy atom. The van der Waals surface area contributed by atoms with Crippen LogP contribution in [0.15, 0.2) is 146 Å². The van der Waals surface area contributed by atoms with Gasteiger partial charge in [-0.05, 0) is 178 Å². The molecule has 0 radical (unpaired) electrons. The van der Waals surface area contributed by atoms with E-state index in [-0.39, 0.29) is 73.0 Å². The summed E-state index contributed by atoms with van der Waals surface area (Å²) in [5, 5.41) is 42.0. The molecule has 20 heteroatoms. The van der Waals surface area contributed by atoms with Gasteiger partial charge in [-0.15, -0.1) is 0 Å². The van der Waals surface area contributed by atoms with Crippen LogP contribution in [0.5, 0.6) is 0 Å². The van der Waals surface area contributed by atoms with Crippen LogP contribution in [0.25, 0.3) is 0 Å². The number of amides is 2. The summed E-state index contributed by atoms with van der Waals surface area (Å²) in [5.74, 6) is -4.41. The molecule has 0 N–H and O–H groups in total. The van der Waals surface area contributed by atoms with Crippen molar-refractivity contribution in [2.75, 3.05) is 98.1 Å². The molecule has 0 spiro atoms. The third-order valence-corrected chi connectivity index (χ3v) is 12.8. The Morgan fingerprint density at radius 3 is 0.619 bits per heavy atom. The van der Waals surface area contributed by atoms with Crippen LogP contribution >= 0.6 is 0 Å². The fourth-order valence-corrected chi connectivity index (χ4v) is 7.95. The van der Waals surface area contributed by atoms with Crippen LogP contribution in [-0.4, -0.2) is 134 Å². The number of rotatable bonds is 22. The Kier molecular flexibility index (Phi) is 42.0. The number of carboxylic acids is 4. The van der Waals surface area contributed by atoms with Gasteiger partial charge in [0, 0.05) is 126 Å². The van der Waals surface area contributed by atoms with E-state index in [1.165, 1.54) is 0 Å². The standard InChI is InChI=1S/4C11H15NO2.2C10H14N2O.2Zn/c4*1-3-12(4-2)10-7-5-9(6-8-10)11(13)14;2*1-3-12(4-2)10(13)9-6-5-7-11-8-9;;/h4*5-8H,3-4H2,1-2H3,(H,13,14);2*5-8H,3-4H2,1-2H3;;/q;;;;;;2*+2/p-4. The zero-order chi connectivity index (χ0) is 61.6. The second kappa shape index (κ2) is 45.0. The number of hydrogen-bond acceptors (Lipinski definition) is 16. The van der Waals surface area contributed by atoms with Gasteiger partial charge in [-0.25, -0.2) is 0 Å². The van der Waals surface area contributed by atoms with Crippen molar-refractivity contribution >= 4 is 58.4 Å². The molecule has 0 saturated heterocycles. The quantitative estimate of drug-likeness (QED) is 0.0642. The van der Waals surface area contributed by atoms with Gasteiger partial charge in [0.2, 0.25) is 0 Å². The first-order valence-electron chi connectivity index (χ1n) is 28.0. The van der Waals surface area contributed by atoms with E-state index in [0.717, 1.165) is 101 Å². The molecule has 0 aliphatic rings. The van der Waals surface area contributed by atoms with Gasteiger partial charge in [0.15, 0.2) is 0 Å². The molecule has 444 valence electrons. The summed E-state index contributed by atoms with van der Waals surface area (Å²) in [6.45, 7) is 34.7. The molecule has 6 aromatic rings. The summed E-state index contributed by atoms with van der Waals surface area (Å²) in [5.41, 5.74) is 6.38. The largest absolute Gasteiger partial charge is 2.00 e. The number of nitrogens with zero attached hydrogens (tertiary/aromatic N) is 8. The molecule has 84 heavy (non-hydrogen) atoms. The second-order valence-corrected chi connectivity index (χ2v) is 17.5. The minimum Gasteiger partial charge on any atom is -0.545 e. The van der Waals surface area contributed by atoms with E-state index >= 15 is 0 Å². The average molecular weight is 1260 g/mol. The van der Waals surface area contributed by atoms with Crippen molar-refractivity contribution in [3.63, 3.8) is 0 Å². The molecule has 0 fully saturated rings. The number of carbonyl (C=O) groups excluding carboxylic acids is 6. The molecule has 0 atom stereocenters. The van der Waals surface area contributed by atoms with Crippen molar-refractivity contribution in [1.29, 1.82) is 0 Å².